The predicted octanol–water partition coefficient (Wildman–Crippen LogP) is 13.2. The maximum atomic E-state index is 6.36. The standard InChI is InChI=1S/C46H28O/c1-3-13-29(14-4-1)31-25-26-33(30-15-5-2-6-16-30)39(27-31)44-34-18-7-9-20-36(34)45(37-21-10-8-19-35(37)44)40-28-32-17-11-23-41-43(32)46-38(40)22-12-24-42(46)47-41/h1-28H. The van der Waals surface area contributed by atoms with Crippen LogP contribution in [-0.4, -0.2) is 0 Å². The van der Waals surface area contributed by atoms with Crippen molar-refractivity contribution < 1.29 is 4.42 Å². The molecule has 218 valence electrons. The molecule has 0 aliphatic carbocycles. The van der Waals surface area contributed by atoms with E-state index in [1.54, 1.807) is 0 Å². The fourth-order valence-electron chi connectivity index (χ4n) is 7.82. The predicted molar refractivity (Wildman–Crippen MR) is 199 cm³/mol. The Kier molecular flexibility index (Phi) is 5.64. The first kappa shape index (κ1) is 26.1. The van der Waals surface area contributed by atoms with E-state index in [4.69, 9.17) is 4.42 Å². The first-order valence-electron chi connectivity index (χ1n) is 16.2. The molecule has 0 saturated heterocycles. The van der Waals surface area contributed by atoms with Gasteiger partial charge in [-0.2, -0.15) is 0 Å². The molecule has 0 aliphatic heterocycles. The number of hydrogen-bond acceptors (Lipinski definition) is 1. The molecule has 0 radical (unpaired) electrons. The molecule has 0 bridgehead atoms. The van der Waals surface area contributed by atoms with Crippen molar-refractivity contribution in [1.82, 2.24) is 0 Å². The van der Waals surface area contributed by atoms with E-state index in [1.807, 2.05) is 0 Å². The molecule has 0 unspecified atom stereocenters. The molecule has 0 atom stereocenters. The normalized spacial score (nSPS) is 11.8. The van der Waals surface area contributed by atoms with E-state index in [1.165, 1.54) is 87.6 Å². The summed E-state index contributed by atoms with van der Waals surface area (Å²) in [7, 11) is 0. The van der Waals surface area contributed by atoms with Gasteiger partial charge in [-0.1, -0.05) is 146 Å². The van der Waals surface area contributed by atoms with Crippen LogP contribution < -0.4 is 0 Å². The lowest BCUT2D eigenvalue weighted by Gasteiger charge is -2.21. The lowest BCUT2D eigenvalue weighted by Crippen LogP contribution is -1.94. The van der Waals surface area contributed by atoms with Crippen LogP contribution in [0.2, 0.25) is 0 Å². The lowest BCUT2D eigenvalue weighted by atomic mass is 9.81. The third kappa shape index (κ3) is 3.90. The molecule has 0 fully saturated rings. The van der Waals surface area contributed by atoms with Gasteiger partial charge in [0.25, 0.3) is 0 Å². The Labute approximate surface area is 272 Å². The van der Waals surface area contributed by atoms with Crippen LogP contribution in [-0.2, 0) is 0 Å². The number of benzene rings is 9. The van der Waals surface area contributed by atoms with Crippen molar-refractivity contribution in [3.8, 4) is 44.5 Å². The number of hydrogen-bond donors (Lipinski definition) is 0. The lowest BCUT2D eigenvalue weighted by molar-refractivity contribution is 0.669. The summed E-state index contributed by atoms with van der Waals surface area (Å²) in [6.07, 6.45) is 0. The number of rotatable bonds is 4. The number of fused-ring (bicyclic) bond motifs is 2. The first-order chi connectivity index (χ1) is 23.3. The fraction of sp³-hybridized carbons (Fsp3) is 0. The summed E-state index contributed by atoms with van der Waals surface area (Å²) in [6.45, 7) is 0. The van der Waals surface area contributed by atoms with Gasteiger partial charge in [-0.05, 0) is 101 Å². The number of furan rings is 1. The molecule has 0 saturated carbocycles. The summed E-state index contributed by atoms with van der Waals surface area (Å²) < 4.78 is 6.36. The average Bonchev–Trinajstić information content (AvgIpc) is 3.53. The van der Waals surface area contributed by atoms with Gasteiger partial charge in [0.05, 0.1) is 0 Å². The largest absolute Gasteiger partial charge is 0.456 e. The molecule has 0 N–H and O–H groups in total. The van der Waals surface area contributed by atoms with E-state index in [0.717, 1.165) is 11.2 Å². The van der Waals surface area contributed by atoms with Crippen molar-refractivity contribution in [3.63, 3.8) is 0 Å². The second kappa shape index (κ2) is 10.2. The Bertz CT molecular complexity index is 2710. The second-order valence-corrected chi connectivity index (χ2v) is 12.4. The Hall–Kier alpha value is -6.18. The molecule has 1 nitrogen and oxygen atoms in total. The zero-order chi connectivity index (χ0) is 30.9. The molecular weight excluding hydrogens is 569 g/mol. The molecule has 1 aromatic heterocycles. The molecule has 9 aromatic carbocycles. The SMILES string of the molecule is c1ccc(-c2ccc(-c3ccccc3)c(-c3c4ccccc4c(-c4cc5cccc6oc7cccc4c7c56)c4ccccc34)c2)cc1. The summed E-state index contributed by atoms with van der Waals surface area (Å²) in [6, 6.07) is 61.6. The van der Waals surface area contributed by atoms with Crippen LogP contribution in [0.4, 0.5) is 0 Å². The third-order valence-electron chi connectivity index (χ3n) is 9.83. The molecular formula is C46H28O. The molecule has 1 heterocycles. The van der Waals surface area contributed by atoms with Gasteiger partial charge in [-0.15, -0.1) is 0 Å². The molecule has 47 heavy (non-hydrogen) atoms. The summed E-state index contributed by atoms with van der Waals surface area (Å²) in [5.74, 6) is 0. The van der Waals surface area contributed by atoms with E-state index in [2.05, 4.69) is 170 Å². The van der Waals surface area contributed by atoms with Crippen molar-refractivity contribution in [3.05, 3.63) is 170 Å². The van der Waals surface area contributed by atoms with Gasteiger partial charge in [0.1, 0.15) is 11.2 Å². The minimum atomic E-state index is 0.936. The van der Waals surface area contributed by atoms with Crippen molar-refractivity contribution in [2.24, 2.45) is 0 Å². The van der Waals surface area contributed by atoms with Crippen LogP contribution in [0, 0.1) is 0 Å². The highest BCUT2D eigenvalue weighted by Gasteiger charge is 2.23. The second-order valence-electron chi connectivity index (χ2n) is 12.4. The van der Waals surface area contributed by atoms with Crippen LogP contribution in [0.25, 0.3) is 98.8 Å². The smallest absolute Gasteiger partial charge is 0.136 e. The Balaban J connectivity index is 1.36. The molecule has 10 aromatic rings. The first-order valence-corrected chi connectivity index (χ1v) is 16.2. The Morgan fingerprint density at radius 2 is 0.830 bits per heavy atom. The van der Waals surface area contributed by atoms with E-state index in [-0.39, 0.29) is 0 Å². The Morgan fingerprint density at radius 3 is 1.49 bits per heavy atom. The van der Waals surface area contributed by atoms with Crippen molar-refractivity contribution in [2.45, 2.75) is 0 Å². The van der Waals surface area contributed by atoms with Crippen molar-refractivity contribution >= 4 is 54.3 Å². The summed E-state index contributed by atoms with van der Waals surface area (Å²) in [5, 5.41) is 9.81. The third-order valence-corrected chi connectivity index (χ3v) is 9.83. The van der Waals surface area contributed by atoms with Crippen LogP contribution in [0.3, 0.4) is 0 Å². The Morgan fingerprint density at radius 1 is 0.298 bits per heavy atom. The highest BCUT2D eigenvalue weighted by atomic mass is 16.3. The van der Waals surface area contributed by atoms with E-state index in [9.17, 15) is 0 Å². The van der Waals surface area contributed by atoms with Crippen molar-refractivity contribution in [1.29, 1.82) is 0 Å². The van der Waals surface area contributed by atoms with E-state index >= 15 is 0 Å². The highest BCUT2D eigenvalue weighted by molar-refractivity contribution is 6.30. The maximum absolute atomic E-state index is 6.36. The minimum absolute atomic E-state index is 0.936. The molecule has 0 spiro atoms. The zero-order valence-electron chi connectivity index (χ0n) is 25.6. The van der Waals surface area contributed by atoms with Crippen molar-refractivity contribution in [2.75, 3.05) is 0 Å². The average molecular weight is 597 g/mol. The minimum Gasteiger partial charge on any atom is -0.456 e. The summed E-state index contributed by atoms with van der Waals surface area (Å²) in [4.78, 5) is 0. The van der Waals surface area contributed by atoms with Crippen LogP contribution in [0.1, 0.15) is 0 Å². The topological polar surface area (TPSA) is 13.1 Å². The molecule has 0 amide bonds. The summed E-state index contributed by atoms with van der Waals surface area (Å²) in [5.41, 5.74) is 11.7. The molecule has 10 rings (SSSR count). The van der Waals surface area contributed by atoms with Crippen LogP contribution in [0.5, 0.6) is 0 Å². The van der Waals surface area contributed by atoms with Gasteiger partial charge in [0.2, 0.25) is 0 Å². The summed E-state index contributed by atoms with van der Waals surface area (Å²) >= 11 is 0. The quantitative estimate of drug-likeness (QED) is 0.145. The van der Waals surface area contributed by atoms with Gasteiger partial charge in [-0.3, -0.25) is 0 Å². The molecule has 1 heteroatoms. The van der Waals surface area contributed by atoms with Gasteiger partial charge < -0.3 is 4.42 Å². The van der Waals surface area contributed by atoms with Gasteiger partial charge >= 0.3 is 0 Å². The van der Waals surface area contributed by atoms with Gasteiger partial charge in [0, 0.05) is 10.8 Å². The van der Waals surface area contributed by atoms with Gasteiger partial charge in [0.15, 0.2) is 0 Å². The zero-order valence-corrected chi connectivity index (χ0v) is 25.6. The van der Waals surface area contributed by atoms with Crippen LogP contribution in [0.15, 0.2) is 174 Å². The monoisotopic (exact) mass is 596 g/mol. The van der Waals surface area contributed by atoms with E-state index in [0.29, 0.717) is 0 Å². The van der Waals surface area contributed by atoms with Gasteiger partial charge in [-0.25, -0.2) is 0 Å². The maximum Gasteiger partial charge on any atom is 0.136 e. The van der Waals surface area contributed by atoms with Crippen LogP contribution >= 0.6 is 0 Å². The molecule has 0 aliphatic rings. The highest BCUT2D eigenvalue weighted by Crippen LogP contribution is 2.50. The fourth-order valence-corrected chi connectivity index (χ4v) is 7.82. The van der Waals surface area contributed by atoms with E-state index < -0.39 is 0 Å².